The van der Waals surface area contributed by atoms with Crippen molar-refractivity contribution in [2.24, 2.45) is 5.73 Å². The summed E-state index contributed by atoms with van der Waals surface area (Å²) in [7, 11) is 1.64. The van der Waals surface area contributed by atoms with E-state index in [4.69, 9.17) is 19.9 Å². The molecule has 0 aromatic heterocycles. The molecule has 0 bridgehead atoms. The molecule has 2 N–H and O–H groups in total. The van der Waals surface area contributed by atoms with E-state index < -0.39 is 0 Å². The van der Waals surface area contributed by atoms with Gasteiger partial charge in [0.05, 0.1) is 13.7 Å². The molecule has 1 aromatic carbocycles. The molecule has 0 saturated carbocycles. The lowest BCUT2D eigenvalue weighted by Crippen LogP contribution is -2.17. The third kappa shape index (κ3) is 1.78. The summed E-state index contributed by atoms with van der Waals surface area (Å²) < 4.78 is 15.9. The Balaban J connectivity index is 2.54. The highest BCUT2D eigenvalue weighted by molar-refractivity contribution is 5.50. The molecule has 0 radical (unpaired) electrons. The molecule has 0 saturated heterocycles. The molecule has 1 heterocycles. The molecule has 1 atom stereocenters. The third-order valence-electron chi connectivity index (χ3n) is 2.49. The second-order valence-electron chi connectivity index (χ2n) is 3.56. The summed E-state index contributed by atoms with van der Waals surface area (Å²) in [6.07, 6.45) is 0. The van der Waals surface area contributed by atoms with Crippen LogP contribution in [0.4, 0.5) is 0 Å². The zero-order chi connectivity index (χ0) is 10.8. The maximum absolute atomic E-state index is 5.92. The highest BCUT2D eigenvalue weighted by Crippen LogP contribution is 2.36. The van der Waals surface area contributed by atoms with Crippen molar-refractivity contribution in [1.82, 2.24) is 0 Å². The molecule has 0 amide bonds. The fraction of sp³-hybridized carbons (Fsp3) is 0.455. The van der Waals surface area contributed by atoms with Gasteiger partial charge in [0, 0.05) is 17.2 Å². The van der Waals surface area contributed by atoms with Gasteiger partial charge < -0.3 is 19.9 Å². The molecule has 1 aliphatic heterocycles. The summed E-state index contributed by atoms with van der Waals surface area (Å²) in [6, 6.07) is 3.67. The highest BCUT2D eigenvalue weighted by Gasteiger charge is 2.20. The van der Waals surface area contributed by atoms with Crippen LogP contribution >= 0.6 is 0 Å². The van der Waals surface area contributed by atoms with Crippen LogP contribution < -0.4 is 15.2 Å². The number of methoxy groups -OCH3 is 1. The summed E-state index contributed by atoms with van der Waals surface area (Å²) in [5, 5.41) is 0. The predicted octanol–water partition coefficient (Wildman–Crippen LogP) is 1.58. The van der Waals surface area contributed by atoms with Crippen LogP contribution in [0.3, 0.4) is 0 Å². The lowest BCUT2D eigenvalue weighted by molar-refractivity contribution is -0.0171. The lowest BCUT2D eigenvalue weighted by Gasteiger charge is -2.23. The molecular formula is C11H15NO3. The van der Waals surface area contributed by atoms with Crippen LogP contribution in [-0.4, -0.2) is 13.9 Å². The zero-order valence-electron chi connectivity index (χ0n) is 8.95. The zero-order valence-corrected chi connectivity index (χ0v) is 8.95. The smallest absolute Gasteiger partial charge is 0.189 e. The van der Waals surface area contributed by atoms with E-state index in [0.29, 0.717) is 13.4 Å². The van der Waals surface area contributed by atoms with Crippen LogP contribution in [0.1, 0.15) is 24.1 Å². The van der Waals surface area contributed by atoms with Crippen molar-refractivity contribution in [1.29, 1.82) is 0 Å². The van der Waals surface area contributed by atoms with Gasteiger partial charge in [0.2, 0.25) is 0 Å². The van der Waals surface area contributed by atoms with Crippen LogP contribution in [-0.2, 0) is 11.3 Å². The number of hydrogen-bond donors (Lipinski definition) is 1. The van der Waals surface area contributed by atoms with Crippen LogP contribution in [0.15, 0.2) is 12.1 Å². The van der Waals surface area contributed by atoms with Crippen LogP contribution in [0.25, 0.3) is 0 Å². The normalized spacial score (nSPS) is 16.5. The molecule has 2 rings (SSSR count). The van der Waals surface area contributed by atoms with Crippen molar-refractivity contribution in [3.8, 4) is 11.5 Å². The molecule has 1 unspecified atom stereocenters. The standard InChI is InChI=1S/C11H15NO3/c1-7(12)11-8-5-14-6-15-9(8)3-4-10(11)13-2/h3-4,7H,5-6,12H2,1-2H3. The predicted molar refractivity (Wildman–Crippen MR) is 55.9 cm³/mol. The van der Waals surface area contributed by atoms with Gasteiger partial charge in [-0.1, -0.05) is 0 Å². The second kappa shape index (κ2) is 4.08. The van der Waals surface area contributed by atoms with Gasteiger partial charge in [-0.3, -0.25) is 0 Å². The molecule has 1 aliphatic rings. The number of rotatable bonds is 2. The fourth-order valence-corrected chi connectivity index (χ4v) is 1.83. The van der Waals surface area contributed by atoms with Crippen LogP contribution in [0.2, 0.25) is 0 Å². The minimum Gasteiger partial charge on any atom is -0.496 e. The number of fused-ring (bicyclic) bond motifs is 1. The molecule has 4 nitrogen and oxygen atoms in total. The van der Waals surface area contributed by atoms with Gasteiger partial charge in [-0.25, -0.2) is 0 Å². The lowest BCUT2D eigenvalue weighted by atomic mass is 10.00. The van der Waals surface area contributed by atoms with E-state index in [0.717, 1.165) is 22.6 Å². The third-order valence-corrected chi connectivity index (χ3v) is 2.49. The van der Waals surface area contributed by atoms with Crippen molar-refractivity contribution >= 4 is 0 Å². The van der Waals surface area contributed by atoms with Gasteiger partial charge >= 0.3 is 0 Å². The van der Waals surface area contributed by atoms with Gasteiger partial charge in [0.1, 0.15) is 11.5 Å². The van der Waals surface area contributed by atoms with Gasteiger partial charge in [0.25, 0.3) is 0 Å². The molecule has 1 aromatic rings. The monoisotopic (exact) mass is 209 g/mol. The van der Waals surface area contributed by atoms with E-state index >= 15 is 0 Å². The second-order valence-corrected chi connectivity index (χ2v) is 3.56. The molecular weight excluding hydrogens is 194 g/mol. The summed E-state index contributed by atoms with van der Waals surface area (Å²) in [6.45, 7) is 2.76. The largest absolute Gasteiger partial charge is 0.496 e. The number of hydrogen-bond acceptors (Lipinski definition) is 4. The van der Waals surface area contributed by atoms with E-state index in [1.807, 2.05) is 19.1 Å². The SMILES string of the molecule is COc1ccc2c(c1C(C)N)COCO2. The van der Waals surface area contributed by atoms with E-state index in [-0.39, 0.29) is 6.04 Å². The minimum atomic E-state index is -0.0970. The Morgan fingerprint density at radius 2 is 2.27 bits per heavy atom. The molecule has 82 valence electrons. The van der Waals surface area contributed by atoms with E-state index in [2.05, 4.69) is 0 Å². The van der Waals surface area contributed by atoms with Gasteiger partial charge in [-0.15, -0.1) is 0 Å². The molecule has 0 fully saturated rings. The minimum absolute atomic E-state index is 0.0970. The van der Waals surface area contributed by atoms with Gasteiger partial charge in [-0.2, -0.15) is 0 Å². The number of benzene rings is 1. The summed E-state index contributed by atoms with van der Waals surface area (Å²) >= 11 is 0. The first-order chi connectivity index (χ1) is 7.24. The highest BCUT2D eigenvalue weighted by atomic mass is 16.7. The van der Waals surface area contributed by atoms with Gasteiger partial charge in [-0.05, 0) is 19.1 Å². The quantitative estimate of drug-likeness (QED) is 0.803. The summed E-state index contributed by atoms with van der Waals surface area (Å²) in [5.74, 6) is 1.63. The Bertz CT molecular complexity index is 363. The van der Waals surface area contributed by atoms with E-state index in [1.165, 1.54) is 0 Å². The van der Waals surface area contributed by atoms with E-state index in [1.54, 1.807) is 7.11 Å². The Morgan fingerprint density at radius 3 is 2.93 bits per heavy atom. The maximum Gasteiger partial charge on any atom is 0.189 e. The number of nitrogens with two attached hydrogens (primary N) is 1. The first kappa shape index (κ1) is 10.3. The average molecular weight is 209 g/mol. The summed E-state index contributed by atoms with van der Waals surface area (Å²) in [4.78, 5) is 0. The number of ether oxygens (including phenoxy) is 3. The topological polar surface area (TPSA) is 53.7 Å². The average Bonchev–Trinajstić information content (AvgIpc) is 2.27. The van der Waals surface area contributed by atoms with Crippen molar-refractivity contribution in [2.45, 2.75) is 19.6 Å². The Kier molecular flexibility index (Phi) is 2.79. The van der Waals surface area contributed by atoms with Gasteiger partial charge in [0.15, 0.2) is 6.79 Å². The molecule has 0 spiro atoms. The van der Waals surface area contributed by atoms with Crippen molar-refractivity contribution in [3.05, 3.63) is 23.3 Å². The summed E-state index contributed by atoms with van der Waals surface area (Å²) in [5.41, 5.74) is 7.89. The van der Waals surface area contributed by atoms with Crippen molar-refractivity contribution in [2.75, 3.05) is 13.9 Å². The van der Waals surface area contributed by atoms with E-state index in [9.17, 15) is 0 Å². The maximum atomic E-state index is 5.92. The van der Waals surface area contributed by atoms with Crippen LogP contribution in [0.5, 0.6) is 11.5 Å². The fourth-order valence-electron chi connectivity index (χ4n) is 1.83. The first-order valence-corrected chi connectivity index (χ1v) is 4.90. The Labute approximate surface area is 88.9 Å². The molecule has 15 heavy (non-hydrogen) atoms. The molecule has 4 heteroatoms. The first-order valence-electron chi connectivity index (χ1n) is 4.90. The van der Waals surface area contributed by atoms with Crippen molar-refractivity contribution in [3.63, 3.8) is 0 Å². The van der Waals surface area contributed by atoms with Crippen LogP contribution in [0, 0.1) is 0 Å². The molecule has 0 aliphatic carbocycles. The Morgan fingerprint density at radius 1 is 1.47 bits per heavy atom. The Hall–Kier alpha value is -1.26. The van der Waals surface area contributed by atoms with Crippen molar-refractivity contribution < 1.29 is 14.2 Å².